The Morgan fingerprint density at radius 2 is 1.70 bits per heavy atom. The van der Waals surface area contributed by atoms with E-state index in [2.05, 4.69) is 5.32 Å². The maximum atomic E-state index is 13.3. The molecular formula is C30H36N4O4S2. The van der Waals surface area contributed by atoms with Crippen LogP contribution in [0, 0.1) is 18.3 Å². The van der Waals surface area contributed by atoms with Crippen molar-refractivity contribution < 1.29 is 14.7 Å². The molecule has 10 heteroatoms. The number of nitrogens with zero attached hydrogens (tertiary/aromatic N) is 3. The molecule has 3 rings (SSSR count). The zero-order valence-electron chi connectivity index (χ0n) is 23.1. The van der Waals surface area contributed by atoms with Gasteiger partial charge in [0.25, 0.3) is 11.5 Å². The molecule has 2 heterocycles. The second-order valence-corrected chi connectivity index (χ2v) is 11.6. The van der Waals surface area contributed by atoms with E-state index >= 15 is 0 Å². The number of carbonyl (C=O) groups is 2. The van der Waals surface area contributed by atoms with Crippen LogP contribution in [0.5, 0.6) is 0 Å². The van der Waals surface area contributed by atoms with Crippen molar-refractivity contribution in [1.82, 2.24) is 9.47 Å². The van der Waals surface area contributed by atoms with Gasteiger partial charge < -0.3 is 10.4 Å². The first kappa shape index (κ1) is 31.1. The predicted molar refractivity (Wildman–Crippen MR) is 164 cm³/mol. The highest BCUT2D eigenvalue weighted by atomic mass is 32.2. The van der Waals surface area contributed by atoms with Gasteiger partial charge in [-0.25, -0.2) is 0 Å². The largest absolute Gasteiger partial charge is 0.481 e. The summed E-state index contributed by atoms with van der Waals surface area (Å²) < 4.78 is 1.93. The van der Waals surface area contributed by atoms with Gasteiger partial charge in [0.1, 0.15) is 21.8 Å². The molecule has 0 aliphatic carbocycles. The van der Waals surface area contributed by atoms with Gasteiger partial charge in [-0.1, -0.05) is 92.8 Å². The molecule has 0 saturated carbocycles. The van der Waals surface area contributed by atoms with E-state index in [0.29, 0.717) is 39.3 Å². The smallest absolute Gasteiger partial charge is 0.303 e. The van der Waals surface area contributed by atoms with E-state index < -0.39 is 5.97 Å². The Kier molecular flexibility index (Phi) is 12.0. The van der Waals surface area contributed by atoms with Gasteiger partial charge in [0.05, 0.1) is 4.91 Å². The van der Waals surface area contributed by atoms with Crippen LogP contribution in [0.3, 0.4) is 0 Å². The van der Waals surface area contributed by atoms with Crippen LogP contribution in [-0.2, 0) is 23.2 Å². The molecule has 0 atom stereocenters. The summed E-state index contributed by atoms with van der Waals surface area (Å²) in [5.74, 6) is -0.352. The number of hydrogen-bond donors (Lipinski definition) is 2. The third-order valence-electron chi connectivity index (χ3n) is 6.97. The lowest BCUT2D eigenvalue weighted by atomic mass is 10.0. The summed E-state index contributed by atoms with van der Waals surface area (Å²) in [6.45, 7) is 2.76. The van der Waals surface area contributed by atoms with Crippen molar-refractivity contribution in [3.05, 3.63) is 67.8 Å². The first-order chi connectivity index (χ1) is 19.2. The SMILES string of the molecule is Cc1c(/C=C2/SC(=S)N(CCCCCCCCCCC(=O)O)C2=O)c(NCc2ccccc2)n(C)c(=O)c1C#N. The molecule has 8 nitrogen and oxygen atoms in total. The molecule has 1 aromatic carbocycles. The standard InChI is InChI=1S/C30H36N4O4S2/c1-21-23(27(33(2)28(37)24(21)19-31)32-20-22-14-10-9-11-15-22)18-25-29(38)34(30(39)40-25)17-13-8-6-4-3-5-7-12-16-26(35)36/h9-11,14-15,18,32H,3-8,12-13,16-17,20H2,1-2H3,(H,35,36)/b25-18+. The number of nitriles is 1. The van der Waals surface area contributed by atoms with E-state index in [1.165, 1.54) is 16.3 Å². The Bertz CT molecular complexity index is 1360. The lowest BCUT2D eigenvalue weighted by molar-refractivity contribution is -0.137. The van der Waals surface area contributed by atoms with Gasteiger partial charge in [0.2, 0.25) is 0 Å². The topological polar surface area (TPSA) is 115 Å². The molecule has 1 aromatic heterocycles. The molecule has 0 radical (unpaired) electrons. The van der Waals surface area contributed by atoms with E-state index in [4.69, 9.17) is 17.3 Å². The summed E-state index contributed by atoms with van der Waals surface area (Å²) in [7, 11) is 1.62. The third-order valence-corrected chi connectivity index (χ3v) is 8.35. The molecule has 1 saturated heterocycles. The highest BCUT2D eigenvalue weighted by Crippen LogP contribution is 2.35. The minimum atomic E-state index is -0.734. The molecule has 0 spiro atoms. The Morgan fingerprint density at radius 3 is 2.33 bits per heavy atom. The molecule has 40 heavy (non-hydrogen) atoms. The maximum absolute atomic E-state index is 13.3. The van der Waals surface area contributed by atoms with Crippen LogP contribution in [-0.4, -0.2) is 37.3 Å². The summed E-state index contributed by atoms with van der Waals surface area (Å²) >= 11 is 6.77. The lowest BCUT2D eigenvalue weighted by Crippen LogP contribution is -2.29. The number of pyridine rings is 1. The molecular weight excluding hydrogens is 544 g/mol. The fraction of sp³-hybridized carbons (Fsp3) is 0.433. The van der Waals surface area contributed by atoms with Gasteiger partial charge in [-0.05, 0) is 37.0 Å². The van der Waals surface area contributed by atoms with Crippen molar-refractivity contribution >= 4 is 52.1 Å². The molecule has 1 amide bonds. The molecule has 1 aliphatic heterocycles. The van der Waals surface area contributed by atoms with E-state index in [-0.39, 0.29) is 23.5 Å². The number of aromatic nitrogens is 1. The second-order valence-electron chi connectivity index (χ2n) is 9.88. The zero-order valence-corrected chi connectivity index (χ0v) is 24.7. The number of carboxylic acids is 1. The highest BCUT2D eigenvalue weighted by molar-refractivity contribution is 8.26. The molecule has 1 fully saturated rings. The monoisotopic (exact) mass is 580 g/mol. The van der Waals surface area contributed by atoms with E-state index in [9.17, 15) is 19.6 Å². The lowest BCUT2D eigenvalue weighted by Gasteiger charge is -2.18. The molecule has 212 valence electrons. The first-order valence-electron chi connectivity index (χ1n) is 13.6. The Balaban J connectivity index is 1.65. The van der Waals surface area contributed by atoms with Crippen molar-refractivity contribution in [2.45, 2.75) is 71.3 Å². The van der Waals surface area contributed by atoms with Crippen LogP contribution in [0.2, 0.25) is 0 Å². The number of rotatable bonds is 15. The van der Waals surface area contributed by atoms with Gasteiger partial charge in [0.15, 0.2) is 0 Å². The van der Waals surface area contributed by atoms with Gasteiger partial charge in [-0.3, -0.25) is 23.9 Å². The van der Waals surface area contributed by atoms with Gasteiger partial charge >= 0.3 is 5.97 Å². The zero-order chi connectivity index (χ0) is 29.1. The highest BCUT2D eigenvalue weighted by Gasteiger charge is 2.32. The quantitative estimate of drug-likeness (QED) is 0.150. The number of carbonyl (C=O) groups excluding carboxylic acids is 1. The van der Waals surface area contributed by atoms with Gasteiger partial charge in [-0.15, -0.1) is 0 Å². The van der Waals surface area contributed by atoms with Crippen molar-refractivity contribution in [2.24, 2.45) is 7.05 Å². The van der Waals surface area contributed by atoms with E-state index in [1.54, 1.807) is 24.9 Å². The Morgan fingerprint density at radius 1 is 1.07 bits per heavy atom. The van der Waals surface area contributed by atoms with Crippen molar-refractivity contribution in [1.29, 1.82) is 5.26 Å². The molecule has 2 aromatic rings. The fourth-order valence-electron chi connectivity index (χ4n) is 4.66. The van der Waals surface area contributed by atoms with Crippen molar-refractivity contribution in [3.8, 4) is 6.07 Å². The number of amides is 1. The molecule has 0 bridgehead atoms. The van der Waals surface area contributed by atoms with E-state index in [1.807, 2.05) is 36.4 Å². The number of carboxylic acid groups (broad SMARTS) is 1. The first-order valence-corrected chi connectivity index (χ1v) is 14.9. The third kappa shape index (κ3) is 8.29. The van der Waals surface area contributed by atoms with Gasteiger partial charge in [-0.2, -0.15) is 5.26 Å². The Hall–Kier alpha value is -3.42. The minimum absolute atomic E-state index is 0.0522. The summed E-state index contributed by atoms with van der Waals surface area (Å²) in [6, 6.07) is 11.8. The molecule has 0 unspecified atom stereocenters. The van der Waals surface area contributed by atoms with Crippen LogP contribution in [0.15, 0.2) is 40.0 Å². The van der Waals surface area contributed by atoms with Crippen LogP contribution in [0.25, 0.3) is 6.08 Å². The average molecular weight is 581 g/mol. The number of thiocarbonyl (C=S) groups is 1. The average Bonchev–Trinajstić information content (AvgIpc) is 3.20. The number of nitrogens with one attached hydrogen (secondary N) is 1. The number of aliphatic carboxylic acids is 1. The molecule has 1 aliphatic rings. The van der Waals surface area contributed by atoms with E-state index in [0.717, 1.165) is 56.9 Å². The number of hydrogen-bond acceptors (Lipinski definition) is 7. The number of anilines is 1. The normalized spacial score (nSPS) is 14.1. The van der Waals surface area contributed by atoms with Gasteiger partial charge in [0, 0.05) is 32.1 Å². The number of thioether (sulfide) groups is 1. The summed E-state index contributed by atoms with van der Waals surface area (Å²) in [5, 5.41) is 21.7. The fourth-order valence-corrected chi connectivity index (χ4v) is 5.95. The number of benzene rings is 1. The second kappa shape index (κ2) is 15.4. The summed E-state index contributed by atoms with van der Waals surface area (Å²) in [4.78, 5) is 38.8. The molecule has 2 N–H and O–H groups in total. The van der Waals surface area contributed by atoms with Crippen molar-refractivity contribution in [2.75, 3.05) is 11.9 Å². The predicted octanol–water partition coefficient (Wildman–Crippen LogP) is 5.97. The van der Waals surface area contributed by atoms with Crippen LogP contribution >= 0.6 is 24.0 Å². The van der Waals surface area contributed by atoms with Crippen LogP contribution in [0.4, 0.5) is 5.82 Å². The Labute approximate surface area is 245 Å². The minimum Gasteiger partial charge on any atom is -0.481 e. The maximum Gasteiger partial charge on any atom is 0.303 e. The number of unbranched alkanes of at least 4 members (excludes halogenated alkanes) is 7. The van der Waals surface area contributed by atoms with Crippen LogP contribution in [0.1, 0.15) is 80.0 Å². The summed E-state index contributed by atoms with van der Waals surface area (Å²) in [5.41, 5.74) is 1.84. The van der Waals surface area contributed by atoms with Crippen molar-refractivity contribution in [3.63, 3.8) is 0 Å². The van der Waals surface area contributed by atoms with Crippen LogP contribution < -0.4 is 10.9 Å². The summed E-state index contributed by atoms with van der Waals surface area (Å²) in [6.07, 6.45) is 9.80.